The molecule has 0 atom stereocenters. The number of aliphatic hydroxyl groups excluding tert-OH is 1. The topological polar surface area (TPSA) is 91.3 Å². The molecule has 0 radical (unpaired) electrons. The molecule has 0 aliphatic rings. The van der Waals surface area contributed by atoms with Gasteiger partial charge in [-0.25, -0.2) is 4.39 Å². The molecule has 1 heterocycles. The van der Waals surface area contributed by atoms with Crippen molar-refractivity contribution >= 4 is 60.1 Å². The summed E-state index contributed by atoms with van der Waals surface area (Å²) >= 11 is 3.34. The first kappa shape index (κ1) is 20.4. The summed E-state index contributed by atoms with van der Waals surface area (Å²) in [5.41, 5.74) is 2.23. The van der Waals surface area contributed by atoms with E-state index in [0.717, 1.165) is 13.7 Å². The molecule has 0 fully saturated rings. The molecule has 0 aliphatic carbocycles. The van der Waals surface area contributed by atoms with Crippen LogP contribution in [0, 0.1) is 16.3 Å². The maximum absolute atomic E-state index is 14.4. The largest absolute Gasteiger partial charge is 0.395 e. The molecule has 0 saturated heterocycles. The molecule has 0 unspecified atom stereocenters. The Kier molecular flexibility index (Phi) is 6.31. The molecule has 3 rings (SSSR count). The summed E-state index contributed by atoms with van der Waals surface area (Å²) in [6.45, 7) is 1.38. The quantitative estimate of drug-likeness (QED) is 0.417. The van der Waals surface area contributed by atoms with E-state index in [1.807, 2.05) is 34.7 Å². The van der Waals surface area contributed by atoms with Crippen LogP contribution in [0.25, 0.3) is 10.1 Å². The lowest BCUT2D eigenvalue weighted by Gasteiger charge is -2.17. The van der Waals surface area contributed by atoms with Crippen LogP contribution in [0.5, 0.6) is 0 Å². The number of nitrogens with zero attached hydrogens (tertiary/aromatic N) is 1. The average molecular weight is 521 g/mol. The van der Waals surface area contributed by atoms with Gasteiger partial charge in [0.2, 0.25) is 0 Å². The van der Waals surface area contributed by atoms with Gasteiger partial charge in [0.15, 0.2) is 0 Å². The van der Waals surface area contributed by atoms with Crippen molar-refractivity contribution in [1.29, 1.82) is 0 Å². The third-order valence-electron chi connectivity index (χ3n) is 3.99. The second kappa shape index (κ2) is 8.35. The van der Waals surface area contributed by atoms with Gasteiger partial charge in [-0.15, -0.1) is 0 Å². The van der Waals surface area contributed by atoms with Crippen LogP contribution in [-0.4, -0.2) is 31.0 Å². The summed E-state index contributed by atoms with van der Waals surface area (Å²) in [6.07, 6.45) is 1.88. The van der Waals surface area contributed by atoms with E-state index in [9.17, 15) is 12.8 Å². The molecular formula is C17H17FIN3O3S2. The smallest absolute Gasteiger partial charge is 0.299 e. The highest BCUT2D eigenvalue weighted by atomic mass is 127. The number of fused-ring (bicyclic) bond motifs is 1. The highest BCUT2D eigenvalue weighted by molar-refractivity contribution is 14.1. The van der Waals surface area contributed by atoms with Gasteiger partial charge in [0, 0.05) is 28.1 Å². The number of halogens is 2. The molecule has 3 aromatic rings. The Morgan fingerprint density at radius 1 is 1.33 bits per heavy atom. The molecule has 0 spiro atoms. The van der Waals surface area contributed by atoms with Crippen LogP contribution in [0.3, 0.4) is 0 Å². The number of anilines is 1. The second-order valence-corrected chi connectivity index (χ2v) is 9.50. The highest BCUT2D eigenvalue weighted by Crippen LogP contribution is 2.34. The van der Waals surface area contributed by atoms with E-state index in [1.165, 1.54) is 17.6 Å². The molecule has 0 saturated carbocycles. The molecule has 0 aliphatic heterocycles. The van der Waals surface area contributed by atoms with Gasteiger partial charge in [0.25, 0.3) is 10.2 Å². The Labute approximate surface area is 174 Å². The van der Waals surface area contributed by atoms with Crippen LogP contribution in [0.2, 0.25) is 0 Å². The van der Waals surface area contributed by atoms with Crippen LogP contribution in [0.4, 0.5) is 10.1 Å². The van der Waals surface area contributed by atoms with Gasteiger partial charge in [-0.1, -0.05) is 6.07 Å². The number of hydrogen-bond acceptors (Lipinski definition) is 5. The summed E-state index contributed by atoms with van der Waals surface area (Å²) in [7, 11) is -3.87. The van der Waals surface area contributed by atoms with E-state index in [4.69, 9.17) is 5.11 Å². The summed E-state index contributed by atoms with van der Waals surface area (Å²) in [4.78, 5) is 0. The number of benzene rings is 2. The lowest BCUT2D eigenvalue weighted by molar-refractivity contribution is 0.301. The van der Waals surface area contributed by atoms with Gasteiger partial charge in [0.1, 0.15) is 5.82 Å². The van der Waals surface area contributed by atoms with E-state index in [-0.39, 0.29) is 25.4 Å². The molecule has 2 aromatic carbocycles. The zero-order chi connectivity index (χ0) is 19.6. The molecular weight excluding hydrogens is 504 g/mol. The number of aryl methyl sites for hydroxylation is 1. The van der Waals surface area contributed by atoms with Gasteiger partial charge in [-0.2, -0.15) is 17.5 Å². The van der Waals surface area contributed by atoms with Crippen molar-refractivity contribution in [2.24, 2.45) is 0 Å². The zero-order valence-electron chi connectivity index (χ0n) is 14.3. The number of aliphatic hydroxyl groups is 1. The summed E-state index contributed by atoms with van der Waals surface area (Å²) < 4.78 is 49.6. The molecule has 0 amide bonds. The third kappa shape index (κ3) is 4.74. The highest BCUT2D eigenvalue weighted by Gasteiger charge is 2.19. The van der Waals surface area contributed by atoms with Crippen molar-refractivity contribution in [3.05, 3.63) is 56.5 Å². The van der Waals surface area contributed by atoms with Crippen molar-refractivity contribution in [3.63, 3.8) is 0 Å². The molecule has 6 nitrogen and oxygen atoms in total. The van der Waals surface area contributed by atoms with Gasteiger partial charge in [-0.05, 0) is 75.9 Å². The van der Waals surface area contributed by atoms with Crippen LogP contribution in [0.1, 0.15) is 16.7 Å². The first-order valence-corrected chi connectivity index (χ1v) is 11.3. The van der Waals surface area contributed by atoms with Crippen molar-refractivity contribution in [1.82, 2.24) is 9.10 Å². The van der Waals surface area contributed by atoms with E-state index in [2.05, 4.69) is 13.8 Å². The minimum Gasteiger partial charge on any atom is -0.395 e. The first-order valence-electron chi connectivity index (χ1n) is 8.00. The maximum Gasteiger partial charge on any atom is 0.299 e. The predicted molar refractivity (Wildman–Crippen MR) is 114 cm³/mol. The minimum absolute atomic E-state index is 0.0995. The molecule has 3 N–H and O–H groups in total. The summed E-state index contributed by atoms with van der Waals surface area (Å²) in [5, 5.41) is 9.64. The van der Waals surface area contributed by atoms with E-state index in [1.54, 1.807) is 19.2 Å². The van der Waals surface area contributed by atoms with Crippen molar-refractivity contribution in [2.75, 3.05) is 17.9 Å². The third-order valence-corrected chi connectivity index (χ3v) is 6.46. The minimum atomic E-state index is -3.87. The number of nitrogens with one attached hydrogen (secondary N) is 2. The lowest BCUT2D eigenvalue weighted by Crippen LogP contribution is -2.32. The van der Waals surface area contributed by atoms with Gasteiger partial charge >= 0.3 is 0 Å². The summed E-state index contributed by atoms with van der Waals surface area (Å²) in [6, 6.07) is 6.81. The van der Waals surface area contributed by atoms with Crippen LogP contribution < -0.4 is 9.44 Å². The fourth-order valence-corrected chi connectivity index (χ4v) is 4.97. The fourth-order valence-electron chi connectivity index (χ4n) is 2.75. The van der Waals surface area contributed by atoms with Crippen molar-refractivity contribution in [2.45, 2.75) is 13.3 Å². The number of aromatic nitrogens is 1. The van der Waals surface area contributed by atoms with Crippen LogP contribution in [-0.2, 0) is 16.6 Å². The molecule has 27 heavy (non-hydrogen) atoms. The predicted octanol–water partition coefficient (Wildman–Crippen LogP) is 3.18. The van der Waals surface area contributed by atoms with E-state index in [0.29, 0.717) is 22.4 Å². The monoisotopic (exact) mass is 521 g/mol. The number of rotatable bonds is 7. The Morgan fingerprint density at radius 2 is 2.11 bits per heavy atom. The van der Waals surface area contributed by atoms with Gasteiger partial charge in [0.05, 0.1) is 17.0 Å². The second-order valence-electron chi connectivity index (χ2n) is 5.92. The van der Waals surface area contributed by atoms with Crippen molar-refractivity contribution < 1.29 is 17.9 Å². The standard InChI is InChI=1S/C17H17FIN3O3S2/c1-10-6-16-14(9-20-26-16)13(7-11-2-3-12(19)8-15(11)18)17(10)22-27(24,25)21-4-5-23/h2-3,6,8-9,21-23H,4-5,7H2,1H3. The number of hydrogen-bond donors (Lipinski definition) is 3. The molecule has 144 valence electrons. The first-order chi connectivity index (χ1) is 12.8. The fraction of sp³-hybridized carbons (Fsp3) is 0.235. The SMILES string of the molecule is Cc1cc2sncc2c(Cc2ccc(I)cc2F)c1NS(=O)(=O)NCCO. The molecule has 0 bridgehead atoms. The zero-order valence-corrected chi connectivity index (χ0v) is 18.1. The molecule has 1 aromatic heterocycles. The Balaban J connectivity index is 2.10. The maximum atomic E-state index is 14.4. The average Bonchev–Trinajstić information content (AvgIpc) is 3.06. The summed E-state index contributed by atoms with van der Waals surface area (Å²) in [5.74, 6) is -0.341. The molecule has 10 heteroatoms. The van der Waals surface area contributed by atoms with Gasteiger partial charge < -0.3 is 5.11 Å². The van der Waals surface area contributed by atoms with Gasteiger partial charge in [-0.3, -0.25) is 4.72 Å². The Morgan fingerprint density at radius 3 is 2.81 bits per heavy atom. The van der Waals surface area contributed by atoms with Crippen molar-refractivity contribution in [3.8, 4) is 0 Å². The van der Waals surface area contributed by atoms with Crippen LogP contribution in [0.15, 0.2) is 30.5 Å². The lowest BCUT2D eigenvalue weighted by atomic mass is 9.97. The van der Waals surface area contributed by atoms with E-state index < -0.39 is 10.2 Å². The Hall–Kier alpha value is -1.34. The van der Waals surface area contributed by atoms with Crippen LogP contribution >= 0.6 is 34.1 Å². The normalized spacial score (nSPS) is 11.9. The van der Waals surface area contributed by atoms with E-state index >= 15 is 0 Å². The Bertz CT molecular complexity index is 1090.